The molecule has 0 bridgehead atoms. The molecule has 1 fully saturated rings. The van der Waals surface area contributed by atoms with Gasteiger partial charge in [0.15, 0.2) is 11.5 Å². The van der Waals surface area contributed by atoms with Gasteiger partial charge in [0.2, 0.25) is 12.7 Å². The van der Waals surface area contributed by atoms with Gasteiger partial charge in [-0.05, 0) is 30.5 Å². The van der Waals surface area contributed by atoms with Crippen LogP contribution in [0.3, 0.4) is 0 Å². The SMILES string of the molecule is COCCOCCOCC(=O)N1CCC(c2nc(C(=O)NCc3ccc4c(c3)OCO4)cs2)CC1. The van der Waals surface area contributed by atoms with Crippen molar-refractivity contribution in [2.75, 3.05) is 60.0 Å². The fourth-order valence-corrected chi connectivity index (χ4v) is 4.86. The second-order valence-electron chi connectivity index (χ2n) is 8.25. The highest BCUT2D eigenvalue weighted by molar-refractivity contribution is 7.09. The van der Waals surface area contributed by atoms with E-state index in [1.165, 1.54) is 11.3 Å². The van der Waals surface area contributed by atoms with Gasteiger partial charge in [-0.1, -0.05) is 6.07 Å². The summed E-state index contributed by atoms with van der Waals surface area (Å²) in [5, 5.41) is 5.65. The van der Waals surface area contributed by atoms with Crippen LogP contribution in [0.2, 0.25) is 0 Å². The topological polar surface area (TPSA) is 108 Å². The molecular formula is C24H31N3O7S. The smallest absolute Gasteiger partial charge is 0.271 e. The molecule has 1 saturated heterocycles. The van der Waals surface area contributed by atoms with Crippen LogP contribution < -0.4 is 14.8 Å². The Morgan fingerprint density at radius 1 is 1.11 bits per heavy atom. The van der Waals surface area contributed by atoms with Crippen molar-refractivity contribution in [3.8, 4) is 11.5 Å². The summed E-state index contributed by atoms with van der Waals surface area (Å²) in [4.78, 5) is 31.4. The lowest BCUT2D eigenvalue weighted by atomic mass is 9.97. The molecular weight excluding hydrogens is 474 g/mol. The maximum absolute atomic E-state index is 12.6. The fraction of sp³-hybridized carbons (Fsp3) is 0.542. The molecule has 4 rings (SSSR count). The molecule has 2 aliphatic heterocycles. The number of amides is 2. The van der Waals surface area contributed by atoms with Gasteiger partial charge in [0, 0.05) is 38.0 Å². The monoisotopic (exact) mass is 505 g/mol. The first-order valence-electron chi connectivity index (χ1n) is 11.7. The van der Waals surface area contributed by atoms with E-state index in [0.29, 0.717) is 63.3 Å². The molecule has 0 atom stereocenters. The molecule has 0 spiro atoms. The van der Waals surface area contributed by atoms with Crippen LogP contribution in [0.4, 0.5) is 0 Å². The zero-order chi connectivity index (χ0) is 24.5. The Morgan fingerprint density at radius 3 is 2.71 bits per heavy atom. The molecule has 190 valence electrons. The number of ether oxygens (including phenoxy) is 5. The van der Waals surface area contributed by atoms with E-state index in [1.54, 1.807) is 12.5 Å². The summed E-state index contributed by atoms with van der Waals surface area (Å²) in [6.45, 7) is 3.85. The van der Waals surface area contributed by atoms with Crippen LogP contribution in [-0.4, -0.2) is 81.7 Å². The number of hydrogen-bond donors (Lipinski definition) is 1. The molecule has 1 aromatic carbocycles. The predicted octanol–water partition coefficient (Wildman–Crippen LogP) is 2.19. The minimum Gasteiger partial charge on any atom is -0.454 e. The Kier molecular flexibility index (Phi) is 9.29. The quantitative estimate of drug-likeness (QED) is 0.438. The van der Waals surface area contributed by atoms with E-state index in [1.807, 2.05) is 23.1 Å². The molecule has 2 amide bonds. The molecule has 3 heterocycles. The van der Waals surface area contributed by atoms with Gasteiger partial charge in [-0.2, -0.15) is 0 Å². The Labute approximate surface area is 208 Å². The Morgan fingerprint density at radius 2 is 1.89 bits per heavy atom. The van der Waals surface area contributed by atoms with E-state index in [0.717, 1.165) is 23.4 Å². The highest BCUT2D eigenvalue weighted by Gasteiger charge is 2.26. The first-order valence-corrected chi connectivity index (χ1v) is 12.6. The van der Waals surface area contributed by atoms with Crippen molar-refractivity contribution in [2.24, 2.45) is 0 Å². The minimum absolute atomic E-state index is 0.0111. The Balaban J connectivity index is 1.16. The maximum Gasteiger partial charge on any atom is 0.271 e. The second-order valence-corrected chi connectivity index (χ2v) is 9.14. The number of rotatable bonds is 12. The van der Waals surface area contributed by atoms with Crippen LogP contribution in [0.1, 0.15) is 39.8 Å². The second kappa shape index (κ2) is 12.8. The molecule has 0 radical (unpaired) electrons. The van der Waals surface area contributed by atoms with Gasteiger partial charge in [0.05, 0.1) is 31.4 Å². The van der Waals surface area contributed by atoms with Gasteiger partial charge in [-0.25, -0.2) is 4.98 Å². The number of fused-ring (bicyclic) bond motifs is 1. The first-order chi connectivity index (χ1) is 17.1. The average Bonchev–Trinajstić information content (AvgIpc) is 3.56. The van der Waals surface area contributed by atoms with Crippen LogP contribution in [-0.2, 0) is 25.5 Å². The standard InChI is InChI=1S/C24H31N3O7S/c1-30-8-9-31-10-11-32-14-22(28)27-6-4-18(5-7-27)24-26-19(15-35-24)23(29)25-13-17-2-3-20-21(12-17)34-16-33-20/h2-3,12,15,18H,4-11,13-14,16H2,1H3,(H,25,29). The summed E-state index contributed by atoms with van der Waals surface area (Å²) >= 11 is 1.50. The summed E-state index contributed by atoms with van der Waals surface area (Å²) in [5.41, 5.74) is 1.35. The van der Waals surface area contributed by atoms with Crippen molar-refractivity contribution in [3.05, 3.63) is 39.8 Å². The zero-order valence-electron chi connectivity index (χ0n) is 19.8. The number of piperidine rings is 1. The van der Waals surface area contributed by atoms with Crippen molar-refractivity contribution in [2.45, 2.75) is 25.3 Å². The van der Waals surface area contributed by atoms with Gasteiger partial charge in [-0.15, -0.1) is 11.3 Å². The molecule has 1 aromatic heterocycles. The van der Waals surface area contributed by atoms with Crippen LogP contribution >= 0.6 is 11.3 Å². The lowest BCUT2D eigenvalue weighted by molar-refractivity contribution is -0.137. The highest BCUT2D eigenvalue weighted by Crippen LogP contribution is 2.33. The number of likely N-dealkylation sites (tertiary alicyclic amines) is 1. The third kappa shape index (κ3) is 7.14. The number of hydrogen-bond acceptors (Lipinski definition) is 9. The van der Waals surface area contributed by atoms with Gasteiger partial charge in [0.1, 0.15) is 12.3 Å². The van der Waals surface area contributed by atoms with E-state index >= 15 is 0 Å². The number of aromatic nitrogens is 1. The average molecular weight is 506 g/mol. The summed E-state index contributed by atoms with van der Waals surface area (Å²) in [5.74, 6) is 1.43. The lowest BCUT2D eigenvalue weighted by Gasteiger charge is -2.31. The predicted molar refractivity (Wildman–Crippen MR) is 128 cm³/mol. The number of thiazole rings is 1. The van der Waals surface area contributed by atoms with E-state index in [4.69, 9.17) is 23.7 Å². The number of nitrogens with one attached hydrogen (secondary N) is 1. The Bertz CT molecular complexity index is 991. The van der Waals surface area contributed by atoms with E-state index < -0.39 is 0 Å². The van der Waals surface area contributed by atoms with Crippen molar-refractivity contribution >= 4 is 23.2 Å². The van der Waals surface area contributed by atoms with Crippen molar-refractivity contribution < 1.29 is 33.3 Å². The lowest BCUT2D eigenvalue weighted by Crippen LogP contribution is -2.40. The number of methoxy groups -OCH3 is 1. The Hall–Kier alpha value is -2.73. The summed E-state index contributed by atoms with van der Waals surface area (Å²) in [6.07, 6.45) is 1.63. The number of carbonyl (C=O) groups excluding carboxylic acids is 2. The molecule has 35 heavy (non-hydrogen) atoms. The normalized spacial score (nSPS) is 15.4. The highest BCUT2D eigenvalue weighted by atomic mass is 32.1. The van der Waals surface area contributed by atoms with Crippen LogP contribution in [0.15, 0.2) is 23.6 Å². The van der Waals surface area contributed by atoms with Crippen molar-refractivity contribution in [1.82, 2.24) is 15.2 Å². The minimum atomic E-state index is -0.207. The summed E-state index contributed by atoms with van der Waals surface area (Å²) < 4.78 is 26.3. The third-order valence-electron chi connectivity index (χ3n) is 5.87. The van der Waals surface area contributed by atoms with Crippen molar-refractivity contribution in [3.63, 3.8) is 0 Å². The van der Waals surface area contributed by atoms with E-state index in [9.17, 15) is 9.59 Å². The van der Waals surface area contributed by atoms with Gasteiger partial charge >= 0.3 is 0 Å². The maximum atomic E-state index is 12.6. The van der Waals surface area contributed by atoms with Crippen LogP contribution in [0.5, 0.6) is 11.5 Å². The first kappa shape index (κ1) is 25.4. The summed E-state index contributed by atoms with van der Waals surface area (Å²) in [6, 6.07) is 5.61. The fourth-order valence-electron chi connectivity index (χ4n) is 3.89. The summed E-state index contributed by atoms with van der Waals surface area (Å²) in [7, 11) is 1.62. The van der Waals surface area contributed by atoms with E-state index in [2.05, 4.69) is 10.3 Å². The molecule has 0 aliphatic carbocycles. The van der Waals surface area contributed by atoms with Gasteiger partial charge < -0.3 is 33.9 Å². The molecule has 1 N–H and O–H groups in total. The third-order valence-corrected chi connectivity index (χ3v) is 6.88. The zero-order valence-corrected chi connectivity index (χ0v) is 20.6. The number of carbonyl (C=O) groups is 2. The molecule has 11 heteroatoms. The van der Waals surface area contributed by atoms with E-state index in [-0.39, 0.29) is 31.1 Å². The molecule has 2 aliphatic rings. The molecule has 0 unspecified atom stereocenters. The largest absolute Gasteiger partial charge is 0.454 e. The molecule has 2 aromatic rings. The van der Waals surface area contributed by atoms with Gasteiger partial charge in [-0.3, -0.25) is 9.59 Å². The number of benzene rings is 1. The van der Waals surface area contributed by atoms with Gasteiger partial charge in [0.25, 0.3) is 5.91 Å². The van der Waals surface area contributed by atoms with Crippen molar-refractivity contribution in [1.29, 1.82) is 0 Å². The number of nitrogens with zero attached hydrogens (tertiary/aromatic N) is 2. The molecule has 0 saturated carbocycles. The van der Waals surface area contributed by atoms with Crippen LogP contribution in [0, 0.1) is 0 Å². The molecule has 10 nitrogen and oxygen atoms in total. The van der Waals surface area contributed by atoms with Crippen LogP contribution in [0.25, 0.3) is 0 Å².